The predicted octanol–water partition coefficient (Wildman–Crippen LogP) is 3.66. The minimum Gasteiger partial charge on any atom is -0.349 e. The molecule has 0 bridgehead atoms. The summed E-state index contributed by atoms with van der Waals surface area (Å²) in [6, 6.07) is 9.23. The second kappa shape index (κ2) is 5.57. The number of para-hydroxylation sites is 1. The van der Waals surface area contributed by atoms with E-state index in [4.69, 9.17) is 11.6 Å². The molecule has 0 aliphatic heterocycles. The largest absolute Gasteiger partial charge is 0.349 e. The molecule has 1 aromatic carbocycles. The van der Waals surface area contributed by atoms with Crippen molar-refractivity contribution in [2.45, 2.75) is 26.8 Å². The first-order valence-electron chi connectivity index (χ1n) is 6.35. The highest BCUT2D eigenvalue weighted by molar-refractivity contribution is 6.30. The summed E-state index contributed by atoms with van der Waals surface area (Å²) in [5.74, 6) is 0.272. The van der Waals surface area contributed by atoms with Gasteiger partial charge < -0.3 is 5.32 Å². The van der Waals surface area contributed by atoms with Gasteiger partial charge in [-0.2, -0.15) is 0 Å². The molecule has 1 atom stereocenters. The Balaban J connectivity index is 2.41. The molecule has 0 aliphatic rings. The maximum absolute atomic E-state index is 12.3. The van der Waals surface area contributed by atoms with E-state index in [-0.39, 0.29) is 11.9 Å². The van der Waals surface area contributed by atoms with Crippen molar-refractivity contribution in [3.05, 3.63) is 41.0 Å². The van der Waals surface area contributed by atoms with E-state index < -0.39 is 0 Å². The minimum atomic E-state index is -0.110. The fourth-order valence-electron chi connectivity index (χ4n) is 1.78. The van der Waals surface area contributed by atoms with Gasteiger partial charge in [0, 0.05) is 11.4 Å². The van der Waals surface area contributed by atoms with E-state index in [0.29, 0.717) is 16.6 Å². The van der Waals surface area contributed by atoms with Crippen LogP contribution in [0.1, 0.15) is 31.1 Å². The first-order chi connectivity index (χ1) is 8.99. The van der Waals surface area contributed by atoms with Gasteiger partial charge in [-0.25, -0.2) is 4.98 Å². The average molecular weight is 277 g/mol. The Morgan fingerprint density at radius 2 is 1.95 bits per heavy atom. The molecule has 2 aromatic rings. The highest BCUT2D eigenvalue weighted by Gasteiger charge is 2.16. The van der Waals surface area contributed by atoms with Gasteiger partial charge in [0.1, 0.15) is 5.15 Å². The van der Waals surface area contributed by atoms with Gasteiger partial charge in [0.15, 0.2) is 0 Å². The smallest absolute Gasteiger partial charge is 0.252 e. The number of rotatable bonds is 3. The number of hydrogen-bond donors (Lipinski definition) is 1. The molecule has 0 spiro atoms. The fourth-order valence-corrected chi connectivity index (χ4v) is 1.98. The molecule has 1 amide bonds. The van der Waals surface area contributed by atoms with Crippen molar-refractivity contribution in [3.63, 3.8) is 0 Å². The number of halogens is 1. The van der Waals surface area contributed by atoms with Crippen LogP contribution in [-0.2, 0) is 0 Å². The fraction of sp³-hybridized carbons (Fsp3) is 0.333. The summed E-state index contributed by atoms with van der Waals surface area (Å²) >= 11 is 5.98. The third-order valence-corrected chi connectivity index (χ3v) is 3.48. The first-order valence-corrected chi connectivity index (χ1v) is 6.73. The summed E-state index contributed by atoms with van der Waals surface area (Å²) in [6.45, 7) is 6.14. The number of hydrogen-bond acceptors (Lipinski definition) is 2. The van der Waals surface area contributed by atoms with Crippen LogP contribution in [0.25, 0.3) is 10.9 Å². The number of benzene rings is 1. The van der Waals surface area contributed by atoms with Crippen LogP contribution in [0.2, 0.25) is 5.15 Å². The summed E-state index contributed by atoms with van der Waals surface area (Å²) in [5.41, 5.74) is 1.31. The van der Waals surface area contributed by atoms with Crippen molar-refractivity contribution < 1.29 is 4.79 Å². The van der Waals surface area contributed by atoms with Crippen molar-refractivity contribution in [2.75, 3.05) is 0 Å². The van der Waals surface area contributed by atoms with Crippen LogP contribution in [-0.4, -0.2) is 16.9 Å². The number of nitrogens with one attached hydrogen (secondary N) is 1. The third-order valence-electron chi connectivity index (χ3n) is 3.29. The standard InChI is InChI=1S/C15H17ClN2O/c1-9(2)10(3)17-15(19)12-8-14(16)18-13-7-5-4-6-11(12)13/h4-10H,1-3H3,(H,17,19). The van der Waals surface area contributed by atoms with Crippen molar-refractivity contribution in [3.8, 4) is 0 Å². The Morgan fingerprint density at radius 1 is 1.26 bits per heavy atom. The molecule has 19 heavy (non-hydrogen) atoms. The van der Waals surface area contributed by atoms with Crippen LogP contribution in [0, 0.1) is 5.92 Å². The van der Waals surface area contributed by atoms with Crippen molar-refractivity contribution >= 4 is 28.4 Å². The number of carbonyl (C=O) groups excluding carboxylic acids is 1. The molecule has 100 valence electrons. The van der Waals surface area contributed by atoms with Gasteiger partial charge >= 0.3 is 0 Å². The molecule has 1 heterocycles. The van der Waals surface area contributed by atoms with E-state index in [2.05, 4.69) is 24.1 Å². The van der Waals surface area contributed by atoms with Crippen LogP contribution in [0.5, 0.6) is 0 Å². The van der Waals surface area contributed by atoms with E-state index in [1.165, 1.54) is 0 Å². The minimum absolute atomic E-state index is 0.109. The summed E-state index contributed by atoms with van der Waals surface area (Å²) in [4.78, 5) is 16.5. The lowest BCUT2D eigenvalue weighted by atomic mass is 10.0. The number of amides is 1. The van der Waals surface area contributed by atoms with E-state index in [9.17, 15) is 4.79 Å². The Bertz CT molecular complexity index is 610. The van der Waals surface area contributed by atoms with Gasteiger partial charge in [-0.15, -0.1) is 0 Å². The highest BCUT2D eigenvalue weighted by atomic mass is 35.5. The van der Waals surface area contributed by atoms with E-state index in [1.54, 1.807) is 6.07 Å². The number of fused-ring (bicyclic) bond motifs is 1. The summed E-state index contributed by atoms with van der Waals surface area (Å²) in [7, 11) is 0. The Kier molecular flexibility index (Phi) is 4.05. The zero-order chi connectivity index (χ0) is 14.0. The van der Waals surface area contributed by atoms with Crippen LogP contribution in [0.15, 0.2) is 30.3 Å². The predicted molar refractivity (Wildman–Crippen MR) is 78.5 cm³/mol. The zero-order valence-corrected chi connectivity index (χ0v) is 12.0. The lowest BCUT2D eigenvalue weighted by molar-refractivity contribution is 0.0932. The lowest BCUT2D eigenvalue weighted by Gasteiger charge is -2.18. The summed E-state index contributed by atoms with van der Waals surface area (Å²) < 4.78 is 0. The third kappa shape index (κ3) is 3.04. The SMILES string of the molecule is CC(C)C(C)NC(=O)c1cc(Cl)nc2ccccc12. The van der Waals surface area contributed by atoms with Crippen molar-refractivity contribution in [2.24, 2.45) is 5.92 Å². The monoisotopic (exact) mass is 276 g/mol. The van der Waals surface area contributed by atoms with E-state index >= 15 is 0 Å². The Labute approximate surface area is 118 Å². The molecule has 1 aromatic heterocycles. The molecule has 4 heteroatoms. The molecule has 1 N–H and O–H groups in total. The summed E-state index contributed by atoms with van der Waals surface area (Å²) in [5, 5.41) is 4.14. The van der Waals surface area contributed by atoms with Crippen LogP contribution >= 0.6 is 11.6 Å². The van der Waals surface area contributed by atoms with E-state index in [0.717, 1.165) is 10.9 Å². The highest BCUT2D eigenvalue weighted by Crippen LogP contribution is 2.21. The number of pyridine rings is 1. The second-order valence-electron chi connectivity index (χ2n) is 5.02. The molecule has 0 radical (unpaired) electrons. The van der Waals surface area contributed by atoms with Gasteiger partial charge in [0.2, 0.25) is 0 Å². The molecule has 0 fully saturated rings. The van der Waals surface area contributed by atoms with Crippen LogP contribution in [0.3, 0.4) is 0 Å². The molecule has 0 saturated carbocycles. The Morgan fingerprint density at radius 3 is 2.63 bits per heavy atom. The topological polar surface area (TPSA) is 42.0 Å². The van der Waals surface area contributed by atoms with Gasteiger partial charge in [-0.05, 0) is 25.0 Å². The van der Waals surface area contributed by atoms with Crippen LogP contribution < -0.4 is 5.32 Å². The number of carbonyl (C=O) groups is 1. The zero-order valence-electron chi connectivity index (χ0n) is 11.3. The first kappa shape index (κ1) is 13.8. The molecule has 1 unspecified atom stereocenters. The number of aromatic nitrogens is 1. The lowest BCUT2D eigenvalue weighted by Crippen LogP contribution is -2.36. The van der Waals surface area contributed by atoms with Gasteiger partial charge in [-0.1, -0.05) is 43.6 Å². The number of nitrogens with zero attached hydrogens (tertiary/aromatic N) is 1. The quantitative estimate of drug-likeness (QED) is 0.869. The molecule has 3 nitrogen and oxygen atoms in total. The normalized spacial score (nSPS) is 12.7. The Hall–Kier alpha value is -1.61. The van der Waals surface area contributed by atoms with Gasteiger partial charge in [0.05, 0.1) is 11.1 Å². The van der Waals surface area contributed by atoms with Gasteiger partial charge in [-0.3, -0.25) is 4.79 Å². The molecule has 0 saturated heterocycles. The van der Waals surface area contributed by atoms with Crippen molar-refractivity contribution in [1.29, 1.82) is 0 Å². The van der Waals surface area contributed by atoms with Crippen molar-refractivity contribution in [1.82, 2.24) is 10.3 Å². The average Bonchev–Trinajstić information content (AvgIpc) is 2.37. The molecular formula is C15H17ClN2O. The molecule has 0 aliphatic carbocycles. The van der Waals surface area contributed by atoms with E-state index in [1.807, 2.05) is 31.2 Å². The maximum Gasteiger partial charge on any atom is 0.252 e. The summed E-state index contributed by atoms with van der Waals surface area (Å²) in [6.07, 6.45) is 0. The van der Waals surface area contributed by atoms with Gasteiger partial charge in [0.25, 0.3) is 5.91 Å². The van der Waals surface area contributed by atoms with Crippen LogP contribution in [0.4, 0.5) is 0 Å². The molecule has 2 rings (SSSR count). The molecular weight excluding hydrogens is 260 g/mol. The maximum atomic E-state index is 12.3. The second-order valence-corrected chi connectivity index (χ2v) is 5.40.